The Morgan fingerprint density at radius 3 is 2.50 bits per heavy atom. The quantitative estimate of drug-likeness (QED) is 0.752. The highest BCUT2D eigenvalue weighted by molar-refractivity contribution is 7.71. The Hall–Kier alpha value is -2.34. The standard InChI is InChI=1S/C14H13N3O2S/c1-18-10-5-9(6-11(7-10)19-2)17-13-3-4-15-8-12(13)16-14(17)20/h3-8H,1-2H3,(H,16,20). The number of nitrogens with one attached hydrogen (secondary N) is 1. The number of fused-ring (bicyclic) bond motifs is 1. The summed E-state index contributed by atoms with van der Waals surface area (Å²) >= 11 is 5.39. The van der Waals surface area contributed by atoms with Gasteiger partial charge in [0.25, 0.3) is 0 Å². The van der Waals surface area contributed by atoms with E-state index in [1.165, 1.54) is 0 Å². The molecule has 0 fully saturated rings. The molecule has 1 aromatic carbocycles. The van der Waals surface area contributed by atoms with Gasteiger partial charge in [-0.15, -0.1) is 0 Å². The summed E-state index contributed by atoms with van der Waals surface area (Å²) < 4.78 is 13.1. The molecule has 2 heterocycles. The van der Waals surface area contributed by atoms with Gasteiger partial charge in [0.2, 0.25) is 0 Å². The van der Waals surface area contributed by atoms with Crippen molar-refractivity contribution in [3.8, 4) is 17.2 Å². The van der Waals surface area contributed by atoms with Gasteiger partial charge in [0.05, 0.1) is 37.1 Å². The second kappa shape index (κ2) is 4.97. The second-order valence-electron chi connectivity index (χ2n) is 4.23. The fourth-order valence-corrected chi connectivity index (χ4v) is 2.45. The molecular formula is C14H13N3O2S. The number of rotatable bonds is 3. The Kier molecular flexibility index (Phi) is 3.15. The van der Waals surface area contributed by atoms with Crippen LogP contribution in [-0.4, -0.2) is 28.8 Å². The van der Waals surface area contributed by atoms with Crippen LogP contribution in [-0.2, 0) is 0 Å². The highest BCUT2D eigenvalue weighted by Crippen LogP contribution is 2.27. The number of pyridine rings is 1. The Balaban J connectivity index is 2.30. The van der Waals surface area contributed by atoms with Crippen LogP contribution in [0.1, 0.15) is 0 Å². The molecule has 5 nitrogen and oxygen atoms in total. The van der Waals surface area contributed by atoms with E-state index in [9.17, 15) is 0 Å². The number of hydrogen-bond acceptors (Lipinski definition) is 4. The van der Waals surface area contributed by atoms with Gasteiger partial charge in [-0.1, -0.05) is 0 Å². The lowest BCUT2D eigenvalue weighted by Gasteiger charge is -2.10. The molecule has 0 amide bonds. The first-order chi connectivity index (χ1) is 9.72. The van der Waals surface area contributed by atoms with Crippen molar-refractivity contribution in [2.75, 3.05) is 14.2 Å². The van der Waals surface area contributed by atoms with E-state index in [2.05, 4.69) is 9.97 Å². The molecule has 102 valence electrons. The number of nitrogens with zero attached hydrogens (tertiary/aromatic N) is 2. The highest BCUT2D eigenvalue weighted by Gasteiger charge is 2.09. The minimum Gasteiger partial charge on any atom is -0.497 e. The summed E-state index contributed by atoms with van der Waals surface area (Å²) in [4.78, 5) is 7.22. The molecule has 0 saturated carbocycles. The number of H-pyrrole nitrogens is 1. The number of imidazole rings is 1. The summed E-state index contributed by atoms with van der Waals surface area (Å²) in [6.45, 7) is 0. The van der Waals surface area contributed by atoms with E-state index in [0.717, 1.165) is 16.7 Å². The molecule has 0 spiro atoms. The van der Waals surface area contributed by atoms with Crippen molar-refractivity contribution in [2.45, 2.75) is 0 Å². The van der Waals surface area contributed by atoms with Crippen LogP contribution in [0.25, 0.3) is 16.7 Å². The Labute approximate surface area is 120 Å². The maximum Gasteiger partial charge on any atom is 0.182 e. The van der Waals surface area contributed by atoms with Crippen molar-refractivity contribution in [1.29, 1.82) is 0 Å². The molecule has 0 radical (unpaired) electrons. The van der Waals surface area contributed by atoms with Crippen molar-refractivity contribution in [2.24, 2.45) is 0 Å². The molecule has 6 heteroatoms. The van der Waals surface area contributed by atoms with E-state index < -0.39 is 0 Å². The van der Waals surface area contributed by atoms with Gasteiger partial charge in [-0.05, 0) is 18.3 Å². The number of ether oxygens (including phenoxy) is 2. The molecule has 1 N–H and O–H groups in total. The number of benzene rings is 1. The molecule has 2 aromatic heterocycles. The first kappa shape index (κ1) is 12.7. The van der Waals surface area contributed by atoms with Crippen LogP contribution in [0.2, 0.25) is 0 Å². The number of aromatic amines is 1. The zero-order chi connectivity index (χ0) is 14.1. The number of aromatic nitrogens is 3. The molecule has 0 bridgehead atoms. The van der Waals surface area contributed by atoms with Crippen LogP contribution < -0.4 is 9.47 Å². The van der Waals surface area contributed by atoms with E-state index >= 15 is 0 Å². The van der Waals surface area contributed by atoms with Gasteiger partial charge >= 0.3 is 0 Å². The van der Waals surface area contributed by atoms with Gasteiger partial charge in [-0.2, -0.15) is 0 Å². The molecular weight excluding hydrogens is 274 g/mol. The fraction of sp³-hybridized carbons (Fsp3) is 0.143. The van der Waals surface area contributed by atoms with Crippen molar-refractivity contribution in [1.82, 2.24) is 14.5 Å². The lowest BCUT2D eigenvalue weighted by molar-refractivity contribution is 0.394. The number of methoxy groups -OCH3 is 2. The van der Waals surface area contributed by atoms with Crippen molar-refractivity contribution >= 4 is 23.3 Å². The van der Waals surface area contributed by atoms with E-state index in [0.29, 0.717) is 16.3 Å². The van der Waals surface area contributed by atoms with Crippen molar-refractivity contribution in [3.63, 3.8) is 0 Å². The highest BCUT2D eigenvalue weighted by atomic mass is 32.1. The second-order valence-corrected chi connectivity index (χ2v) is 4.62. The van der Waals surface area contributed by atoms with Gasteiger partial charge in [-0.25, -0.2) is 0 Å². The van der Waals surface area contributed by atoms with E-state index in [-0.39, 0.29) is 0 Å². The molecule has 3 aromatic rings. The van der Waals surface area contributed by atoms with Gasteiger partial charge in [0.15, 0.2) is 4.77 Å². The molecule has 3 rings (SSSR count). The summed E-state index contributed by atoms with van der Waals surface area (Å²) in [6, 6.07) is 7.55. The minimum absolute atomic E-state index is 0.600. The van der Waals surface area contributed by atoms with Crippen LogP contribution in [0.4, 0.5) is 0 Å². The summed E-state index contributed by atoms with van der Waals surface area (Å²) in [5.41, 5.74) is 2.73. The van der Waals surface area contributed by atoms with E-state index in [4.69, 9.17) is 21.7 Å². The lowest BCUT2D eigenvalue weighted by Crippen LogP contribution is -1.96. The summed E-state index contributed by atoms with van der Waals surface area (Å²) in [6.07, 6.45) is 3.48. The molecule has 0 unspecified atom stereocenters. The normalized spacial score (nSPS) is 10.7. The maximum absolute atomic E-state index is 5.39. The third kappa shape index (κ3) is 2.04. The van der Waals surface area contributed by atoms with Crippen LogP contribution in [0, 0.1) is 4.77 Å². The molecule has 0 aliphatic rings. The van der Waals surface area contributed by atoms with Crippen LogP contribution in [0.5, 0.6) is 11.5 Å². The monoisotopic (exact) mass is 287 g/mol. The van der Waals surface area contributed by atoms with E-state index in [1.54, 1.807) is 26.6 Å². The predicted octanol–water partition coefficient (Wildman–Crippen LogP) is 3.10. The van der Waals surface area contributed by atoms with Gasteiger partial charge < -0.3 is 14.5 Å². The maximum atomic E-state index is 5.39. The Bertz CT molecular complexity index is 800. The summed E-state index contributed by atoms with van der Waals surface area (Å²) in [5, 5.41) is 0. The van der Waals surface area contributed by atoms with Crippen LogP contribution >= 0.6 is 12.2 Å². The van der Waals surface area contributed by atoms with Gasteiger partial charge in [0.1, 0.15) is 11.5 Å². The van der Waals surface area contributed by atoms with Crippen LogP contribution in [0.15, 0.2) is 36.7 Å². The lowest BCUT2D eigenvalue weighted by atomic mass is 10.2. The molecule has 0 aliphatic heterocycles. The average Bonchev–Trinajstić information content (AvgIpc) is 2.82. The first-order valence-electron chi connectivity index (χ1n) is 6.01. The fourth-order valence-electron chi connectivity index (χ4n) is 2.14. The predicted molar refractivity (Wildman–Crippen MR) is 79.4 cm³/mol. The summed E-state index contributed by atoms with van der Waals surface area (Å²) in [7, 11) is 3.24. The third-order valence-corrected chi connectivity index (χ3v) is 3.36. The Morgan fingerprint density at radius 1 is 1.15 bits per heavy atom. The average molecular weight is 287 g/mol. The van der Waals surface area contributed by atoms with Crippen molar-refractivity contribution in [3.05, 3.63) is 41.4 Å². The smallest absolute Gasteiger partial charge is 0.182 e. The van der Waals surface area contributed by atoms with Crippen LogP contribution in [0.3, 0.4) is 0 Å². The zero-order valence-corrected chi connectivity index (χ0v) is 11.9. The number of hydrogen-bond donors (Lipinski definition) is 1. The largest absolute Gasteiger partial charge is 0.497 e. The molecule has 0 aliphatic carbocycles. The van der Waals surface area contributed by atoms with Crippen molar-refractivity contribution < 1.29 is 9.47 Å². The Morgan fingerprint density at radius 2 is 1.85 bits per heavy atom. The topological polar surface area (TPSA) is 52.1 Å². The molecule has 0 saturated heterocycles. The summed E-state index contributed by atoms with van der Waals surface area (Å²) in [5.74, 6) is 1.43. The zero-order valence-electron chi connectivity index (χ0n) is 11.1. The minimum atomic E-state index is 0.600. The molecule has 0 atom stereocenters. The molecule has 20 heavy (non-hydrogen) atoms. The third-order valence-electron chi connectivity index (χ3n) is 3.08. The van der Waals surface area contributed by atoms with E-state index in [1.807, 2.05) is 28.8 Å². The SMILES string of the molecule is COc1cc(OC)cc(-n2c(=S)[nH]c3cnccc32)c1. The van der Waals surface area contributed by atoms with Gasteiger partial charge in [0, 0.05) is 24.4 Å². The first-order valence-corrected chi connectivity index (χ1v) is 6.42. The van der Waals surface area contributed by atoms with Gasteiger partial charge in [-0.3, -0.25) is 9.55 Å².